The second-order valence-electron chi connectivity index (χ2n) is 7.45. The van der Waals surface area contributed by atoms with Crippen molar-refractivity contribution in [2.45, 2.75) is 37.8 Å². The number of hydrogen-bond donors (Lipinski definition) is 2. The number of nitrogens with zero attached hydrogens (tertiary/aromatic N) is 3. The molecular formula is C21H23N5O2. The maximum atomic E-state index is 12.2. The fourth-order valence-electron chi connectivity index (χ4n) is 3.56. The maximum absolute atomic E-state index is 12.2. The van der Waals surface area contributed by atoms with Crippen LogP contribution in [0.4, 0.5) is 5.82 Å². The van der Waals surface area contributed by atoms with Crippen molar-refractivity contribution < 1.29 is 9.53 Å². The molecular weight excluding hydrogens is 354 g/mol. The standard InChI is InChI=1S/C21H23N5O2/c27-21(25-16-7-8-16)15-5-3-14(4-6-15)18-13-24-20-19(22-9-10-26(18)20)23-12-17-2-1-11-28-17/h3-6,9-10,13,16-17H,1-2,7-8,11-12H2,(H,22,23)(H,25,27). The lowest BCUT2D eigenvalue weighted by molar-refractivity contribution is 0.0951. The minimum atomic E-state index is -0.00277. The Balaban J connectivity index is 1.36. The molecule has 28 heavy (non-hydrogen) atoms. The highest BCUT2D eigenvalue weighted by atomic mass is 16.5. The molecule has 2 aromatic heterocycles. The van der Waals surface area contributed by atoms with E-state index in [9.17, 15) is 4.79 Å². The van der Waals surface area contributed by atoms with E-state index in [-0.39, 0.29) is 12.0 Å². The van der Waals surface area contributed by atoms with Gasteiger partial charge in [0.1, 0.15) is 0 Å². The number of carbonyl (C=O) groups excluding carboxylic acids is 1. The van der Waals surface area contributed by atoms with E-state index in [4.69, 9.17) is 4.74 Å². The number of aromatic nitrogens is 3. The molecule has 0 bridgehead atoms. The number of hydrogen-bond acceptors (Lipinski definition) is 5. The van der Waals surface area contributed by atoms with Crippen LogP contribution in [0.25, 0.3) is 16.9 Å². The highest BCUT2D eigenvalue weighted by Crippen LogP contribution is 2.25. The van der Waals surface area contributed by atoms with Crippen LogP contribution in [-0.2, 0) is 4.74 Å². The summed E-state index contributed by atoms with van der Waals surface area (Å²) in [5.74, 6) is 0.752. The van der Waals surface area contributed by atoms with Gasteiger partial charge in [0.2, 0.25) is 0 Å². The summed E-state index contributed by atoms with van der Waals surface area (Å²) in [4.78, 5) is 21.2. The Morgan fingerprint density at radius 1 is 1.18 bits per heavy atom. The molecule has 3 heterocycles. The first-order chi connectivity index (χ1) is 13.8. The van der Waals surface area contributed by atoms with Crippen molar-refractivity contribution in [3.8, 4) is 11.3 Å². The average Bonchev–Trinajstić information content (AvgIpc) is 3.20. The number of ether oxygens (including phenoxy) is 1. The highest BCUT2D eigenvalue weighted by molar-refractivity contribution is 5.95. The summed E-state index contributed by atoms with van der Waals surface area (Å²) in [6.45, 7) is 1.58. The molecule has 7 heteroatoms. The van der Waals surface area contributed by atoms with Crippen molar-refractivity contribution >= 4 is 17.4 Å². The predicted octanol–water partition coefficient (Wildman–Crippen LogP) is 2.88. The molecule has 1 amide bonds. The fourth-order valence-corrected chi connectivity index (χ4v) is 3.56. The van der Waals surface area contributed by atoms with E-state index in [1.165, 1.54) is 0 Å². The van der Waals surface area contributed by atoms with Gasteiger partial charge in [0.05, 0.1) is 18.0 Å². The van der Waals surface area contributed by atoms with Crippen molar-refractivity contribution in [2.24, 2.45) is 0 Å². The molecule has 1 unspecified atom stereocenters. The van der Waals surface area contributed by atoms with Crippen LogP contribution < -0.4 is 10.6 Å². The number of nitrogens with one attached hydrogen (secondary N) is 2. The normalized spacial score (nSPS) is 19.1. The molecule has 2 N–H and O–H groups in total. The van der Waals surface area contributed by atoms with Gasteiger partial charge in [-0.25, -0.2) is 9.97 Å². The van der Waals surface area contributed by atoms with Crippen molar-refractivity contribution in [1.29, 1.82) is 0 Å². The van der Waals surface area contributed by atoms with Gasteiger partial charge in [-0.1, -0.05) is 12.1 Å². The summed E-state index contributed by atoms with van der Waals surface area (Å²) in [7, 11) is 0. The van der Waals surface area contributed by atoms with E-state index in [0.717, 1.165) is 61.6 Å². The van der Waals surface area contributed by atoms with E-state index >= 15 is 0 Å². The smallest absolute Gasteiger partial charge is 0.251 e. The monoisotopic (exact) mass is 377 g/mol. The molecule has 0 radical (unpaired) electrons. The van der Waals surface area contributed by atoms with Crippen LogP contribution in [0.5, 0.6) is 0 Å². The molecule has 1 atom stereocenters. The van der Waals surface area contributed by atoms with E-state index < -0.39 is 0 Å². The van der Waals surface area contributed by atoms with E-state index in [2.05, 4.69) is 20.6 Å². The molecule has 2 fully saturated rings. The summed E-state index contributed by atoms with van der Waals surface area (Å²) in [5.41, 5.74) is 3.44. The maximum Gasteiger partial charge on any atom is 0.251 e. The van der Waals surface area contributed by atoms with Gasteiger partial charge < -0.3 is 15.4 Å². The van der Waals surface area contributed by atoms with Crippen LogP contribution in [0.15, 0.2) is 42.9 Å². The van der Waals surface area contributed by atoms with Crippen LogP contribution >= 0.6 is 0 Å². The Kier molecular flexibility index (Phi) is 4.44. The first-order valence-corrected chi connectivity index (χ1v) is 9.87. The van der Waals surface area contributed by atoms with Crippen molar-refractivity contribution in [2.75, 3.05) is 18.5 Å². The first-order valence-electron chi connectivity index (χ1n) is 9.87. The number of fused-ring (bicyclic) bond motifs is 1. The lowest BCUT2D eigenvalue weighted by Crippen LogP contribution is -2.25. The molecule has 0 spiro atoms. The number of anilines is 1. The van der Waals surface area contributed by atoms with Crippen molar-refractivity contribution in [1.82, 2.24) is 19.7 Å². The number of benzene rings is 1. The quantitative estimate of drug-likeness (QED) is 0.690. The SMILES string of the molecule is O=C(NC1CC1)c1ccc(-c2cnc3c(NCC4CCCO4)nccn23)cc1. The molecule has 3 aromatic rings. The molecule has 2 aliphatic rings. The van der Waals surface area contributed by atoms with Gasteiger partial charge in [-0.05, 0) is 37.8 Å². The minimum Gasteiger partial charge on any atom is -0.376 e. The second-order valence-corrected chi connectivity index (χ2v) is 7.45. The summed E-state index contributed by atoms with van der Waals surface area (Å²) >= 11 is 0. The second kappa shape index (κ2) is 7.24. The molecule has 1 aromatic carbocycles. The summed E-state index contributed by atoms with van der Waals surface area (Å²) in [5, 5.41) is 6.39. The zero-order valence-electron chi connectivity index (χ0n) is 15.6. The molecule has 7 nitrogen and oxygen atoms in total. The zero-order chi connectivity index (χ0) is 18.9. The van der Waals surface area contributed by atoms with Crippen molar-refractivity contribution in [3.63, 3.8) is 0 Å². The van der Waals surface area contributed by atoms with Crippen LogP contribution in [0.2, 0.25) is 0 Å². The van der Waals surface area contributed by atoms with Gasteiger partial charge in [0.25, 0.3) is 5.91 Å². The summed E-state index contributed by atoms with van der Waals surface area (Å²) in [6, 6.07) is 8.02. The summed E-state index contributed by atoms with van der Waals surface area (Å²) < 4.78 is 7.69. The molecule has 1 saturated carbocycles. The van der Waals surface area contributed by atoms with Crippen LogP contribution in [-0.4, -0.2) is 45.6 Å². The number of carbonyl (C=O) groups is 1. The van der Waals surface area contributed by atoms with Gasteiger partial charge in [-0.3, -0.25) is 9.20 Å². The van der Waals surface area contributed by atoms with E-state index in [1.807, 2.05) is 41.1 Å². The predicted molar refractivity (Wildman–Crippen MR) is 106 cm³/mol. The fraction of sp³-hybridized carbons (Fsp3) is 0.381. The Morgan fingerprint density at radius 3 is 2.79 bits per heavy atom. The first kappa shape index (κ1) is 17.2. The Morgan fingerprint density at radius 2 is 2.04 bits per heavy atom. The number of imidazole rings is 1. The lowest BCUT2D eigenvalue weighted by atomic mass is 10.1. The van der Waals surface area contributed by atoms with Gasteiger partial charge in [0.15, 0.2) is 11.5 Å². The van der Waals surface area contributed by atoms with Crippen LogP contribution in [0.3, 0.4) is 0 Å². The van der Waals surface area contributed by atoms with Crippen LogP contribution in [0.1, 0.15) is 36.0 Å². The number of rotatable bonds is 6. The highest BCUT2D eigenvalue weighted by Gasteiger charge is 2.23. The van der Waals surface area contributed by atoms with Crippen LogP contribution in [0, 0.1) is 0 Å². The van der Waals surface area contributed by atoms with Gasteiger partial charge >= 0.3 is 0 Å². The topological polar surface area (TPSA) is 80.5 Å². The Labute approximate surface area is 163 Å². The van der Waals surface area contributed by atoms with Gasteiger partial charge in [-0.15, -0.1) is 0 Å². The third-order valence-electron chi connectivity index (χ3n) is 5.30. The Bertz CT molecular complexity index is 988. The number of amides is 1. The molecule has 144 valence electrons. The zero-order valence-corrected chi connectivity index (χ0v) is 15.6. The van der Waals surface area contributed by atoms with E-state index in [0.29, 0.717) is 11.6 Å². The Hall–Kier alpha value is -2.93. The van der Waals surface area contributed by atoms with Gasteiger partial charge in [0, 0.05) is 42.7 Å². The third kappa shape index (κ3) is 3.45. The third-order valence-corrected chi connectivity index (χ3v) is 5.30. The van der Waals surface area contributed by atoms with E-state index in [1.54, 1.807) is 6.20 Å². The summed E-state index contributed by atoms with van der Waals surface area (Å²) in [6.07, 6.45) is 10.1. The molecule has 1 saturated heterocycles. The molecule has 1 aliphatic carbocycles. The largest absolute Gasteiger partial charge is 0.376 e. The molecule has 1 aliphatic heterocycles. The average molecular weight is 377 g/mol. The van der Waals surface area contributed by atoms with Crippen molar-refractivity contribution in [3.05, 3.63) is 48.4 Å². The minimum absolute atomic E-state index is 0.00277. The van der Waals surface area contributed by atoms with Gasteiger partial charge in [-0.2, -0.15) is 0 Å². The molecule has 5 rings (SSSR count). The lowest BCUT2D eigenvalue weighted by Gasteiger charge is -2.12.